The lowest BCUT2D eigenvalue weighted by molar-refractivity contribution is 0.102. The first-order valence-electron chi connectivity index (χ1n) is 9.05. The smallest absolute Gasteiger partial charge is 0.257 e. The Morgan fingerprint density at radius 1 is 1.17 bits per heavy atom. The monoisotopic (exact) mass is 449 g/mol. The van der Waals surface area contributed by atoms with Crippen molar-refractivity contribution < 1.29 is 22.0 Å². The molecule has 1 N–H and O–H groups in total. The normalized spacial score (nSPS) is 13.8. The van der Waals surface area contributed by atoms with E-state index < -0.39 is 21.7 Å². The number of hydrogen-bond donors (Lipinski definition) is 1. The number of fused-ring (bicyclic) bond motifs is 1. The Balaban J connectivity index is 1.54. The van der Waals surface area contributed by atoms with Crippen LogP contribution < -0.4 is 9.62 Å². The molecule has 30 heavy (non-hydrogen) atoms. The second-order valence-electron chi connectivity index (χ2n) is 6.90. The number of benzene rings is 2. The molecule has 0 radical (unpaired) electrons. The molecule has 0 fully saturated rings. The number of nitrogens with one attached hydrogen (secondary N) is 1. The van der Waals surface area contributed by atoms with Crippen molar-refractivity contribution in [2.24, 2.45) is 0 Å². The van der Waals surface area contributed by atoms with Crippen molar-refractivity contribution in [2.45, 2.75) is 12.8 Å². The van der Waals surface area contributed by atoms with E-state index in [1.807, 2.05) is 0 Å². The number of nitrogens with zero attached hydrogens (tertiary/aromatic N) is 2. The molecule has 0 spiro atoms. The first-order valence-corrected chi connectivity index (χ1v) is 11.8. The molecule has 0 unspecified atom stereocenters. The average molecular weight is 450 g/mol. The van der Waals surface area contributed by atoms with Crippen LogP contribution in [0.3, 0.4) is 0 Å². The molecule has 3 aromatic rings. The van der Waals surface area contributed by atoms with Crippen LogP contribution in [0.4, 0.5) is 19.6 Å². The lowest BCUT2D eigenvalue weighted by Gasteiger charge is -2.29. The first-order chi connectivity index (χ1) is 14.2. The number of halogens is 2. The topological polar surface area (TPSA) is 79.4 Å². The van der Waals surface area contributed by atoms with Gasteiger partial charge in [-0.2, -0.15) is 0 Å². The summed E-state index contributed by atoms with van der Waals surface area (Å²) in [4.78, 5) is 16.9. The minimum absolute atomic E-state index is 0.315. The maximum atomic E-state index is 13.4. The van der Waals surface area contributed by atoms with Gasteiger partial charge in [0.25, 0.3) is 5.91 Å². The summed E-state index contributed by atoms with van der Waals surface area (Å²) in [7, 11) is -3.38. The molecule has 156 valence electrons. The van der Waals surface area contributed by atoms with E-state index >= 15 is 0 Å². The van der Waals surface area contributed by atoms with Gasteiger partial charge >= 0.3 is 0 Å². The lowest BCUT2D eigenvalue weighted by Crippen LogP contribution is -2.34. The van der Waals surface area contributed by atoms with Crippen molar-refractivity contribution in [1.29, 1.82) is 0 Å². The molecule has 0 bridgehead atoms. The van der Waals surface area contributed by atoms with Crippen LogP contribution in [-0.2, 0) is 16.4 Å². The Morgan fingerprint density at radius 3 is 2.70 bits per heavy atom. The summed E-state index contributed by atoms with van der Waals surface area (Å²) in [5.41, 5.74) is 2.59. The molecule has 4 rings (SSSR count). The molecule has 1 aliphatic heterocycles. The number of carbonyl (C=O) groups is 1. The molecule has 1 aliphatic rings. The van der Waals surface area contributed by atoms with Crippen LogP contribution >= 0.6 is 11.3 Å². The van der Waals surface area contributed by atoms with Crippen molar-refractivity contribution in [2.75, 3.05) is 22.4 Å². The van der Waals surface area contributed by atoms with Gasteiger partial charge in [0, 0.05) is 23.1 Å². The number of carbonyl (C=O) groups excluding carboxylic acids is 1. The van der Waals surface area contributed by atoms with E-state index in [9.17, 15) is 22.0 Å². The van der Waals surface area contributed by atoms with E-state index in [2.05, 4.69) is 10.3 Å². The highest BCUT2D eigenvalue weighted by atomic mass is 32.2. The molecule has 2 heterocycles. The third kappa shape index (κ3) is 4.05. The molecule has 6 nitrogen and oxygen atoms in total. The summed E-state index contributed by atoms with van der Waals surface area (Å²) < 4.78 is 51.8. The van der Waals surface area contributed by atoms with Crippen molar-refractivity contribution in [3.63, 3.8) is 0 Å². The van der Waals surface area contributed by atoms with Crippen molar-refractivity contribution >= 4 is 38.1 Å². The highest BCUT2D eigenvalue weighted by Gasteiger charge is 2.25. The van der Waals surface area contributed by atoms with E-state index in [0.717, 1.165) is 35.3 Å². The number of aromatic nitrogens is 1. The minimum atomic E-state index is -3.38. The van der Waals surface area contributed by atoms with Crippen LogP contribution in [0.1, 0.15) is 22.3 Å². The van der Waals surface area contributed by atoms with Gasteiger partial charge in [-0.15, -0.1) is 11.3 Å². The van der Waals surface area contributed by atoms with E-state index in [4.69, 9.17) is 0 Å². The van der Waals surface area contributed by atoms with Gasteiger partial charge in [0.2, 0.25) is 10.0 Å². The molecule has 1 aromatic heterocycles. The van der Waals surface area contributed by atoms with Crippen LogP contribution in [-0.4, -0.2) is 32.1 Å². The Kier molecular flexibility index (Phi) is 5.29. The largest absolute Gasteiger partial charge is 0.298 e. The molecular weight excluding hydrogens is 432 g/mol. The Morgan fingerprint density at radius 2 is 1.97 bits per heavy atom. The van der Waals surface area contributed by atoms with Crippen LogP contribution in [0, 0.1) is 11.6 Å². The maximum Gasteiger partial charge on any atom is 0.257 e. The Labute approximate surface area is 176 Å². The molecule has 0 aliphatic carbocycles. The van der Waals surface area contributed by atoms with Gasteiger partial charge in [-0.3, -0.25) is 14.4 Å². The fourth-order valence-corrected chi connectivity index (χ4v) is 5.05. The van der Waals surface area contributed by atoms with Gasteiger partial charge < -0.3 is 0 Å². The quantitative estimate of drug-likeness (QED) is 0.652. The number of sulfonamides is 1. The highest BCUT2D eigenvalue weighted by molar-refractivity contribution is 7.92. The summed E-state index contributed by atoms with van der Waals surface area (Å²) in [5, 5.41) is 4.64. The number of amides is 1. The van der Waals surface area contributed by atoms with E-state index in [0.29, 0.717) is 47.0 Å². The number of hydrogen-bond acceptors (Lipinski definition) is 5. The van der Waals surface area contributed by atoms with Crippen molar-refractivity contribution in [3.8, 4) is 11.3 Å². The summed E-state index contributed by atoms with van der Waals surface area (Å²) in [6.07, 6.45) is 2.52. The molecule has 0 saturated heterocycles. The molecule has 2 aromatic carbocycles. The van der Waals surface area contributed by atoms with Crippen LogP contribution in [0.25, 0.3) is 11.3 Å². The van der Waals surface area contributed by atoms with Gasteiger partial charge in [0.05, 0.1) is 17.6 Å². The fourth-order valence-electron chi connectivity index (χ4n) is 3.34. The molecular formula is C20H17F2N3O3S2. The molecule has 0 atom stereocenters. The predicted molar refractivity (Wildman–Crippen MR) is 112 cm³/mol. The number of aryl methyl sites for hydroxylation is 1. The highest BCUT2D eigenvalue weighted by Crippen LogP contribution is 2.31. The fraction of sp³-hybridized carbons (Fsp3) is 0.200. The van der Waals surface area contributed by atoms with E-state index in [-0.39, 0.29) is 5.91 Å². The van der Waals surface area contributed by atoms with Crippen LogP contribution in [0.5, 0.6) is 0 Å². The Hall–Kier alpha value is -2.85. The van der Waals surface area contributed by atoms with E-state index in [1.165, 1.54) is 10.4 Å². The SMILES string of the molecule is CS(=O)(=O)N1CCCc2cc(C(=O)Nc3nc(-c4ccc(F)c(F)c4)cs3)ccc21. The van der Waals surface area contributed by atoms with E-state index in [1.54, 1.807) is 23.6 Å². The van der Waals surface area contributed by atoms with Crippen LogP contribution in [0.2, 0.25) is 0 Å². The Bertz CT molecular complexity index is 1240. The van der Waals surface area contributed by atoms with Gasteiger partial charge in [-0.25, -0.2) is 22.2 Å². The molecule has 0 saturated carbocycles. The number of thiazole rings is 1. The predicted octanol–water partition coefficient (Wildman–Crippen LogP) is 4.05. The van der Waals surface area contributed by atoms with Gasteiger partial charge in [-0.1, -0.05) is 0 Å². The second kappa shape index (κ2) is 7.77. The summed E-state index contributed by atoms with van der Waals surface area (Å²) >= 11 is 1.16. The first kappa shape index (κ1) is 20.4. The van der Waals surface area contributed by atoms with Crippen LogP contribution in [0.15, 0.2) is 41.8 Å². The molecule has 1 amide bonds. The third-order valence-electron chi connectivity index (χ3n) is 4.76. The standard InChI is InChI=1S/C20H17F2N3O3S2/c1-30(27,28)25-8-2-3-13-9-14(5-7-18(13)25)19(26)24-20-23-17(11-29-20)12-4-6-15(21)16(22)10-12/h4-7,9-11H,2-3,8H2,1H3,(H,23,24,26). The van der Waals surface area contributed by atoms with Gasteiger partial charge in [0.15, 0.2) is 16.8 Å². The second-order valence-corrected chi connectivity index (χ2v) is 9.67. The zero-order valence-electron chi connectivity index (χ0n) is 15.9. The maximum absolute atomic E-state index is 13.4. The minimum Gasteiger partial charge on any atom is -0.298 e. The zero-order valence-corrected chi connectivity index (χ0v) is 17.5. The number of anilines is 2. The van der Waals surface area contributed by atoms with Gasteiger partial charge in [0.1, 0.15) is 0 Å². The molecule has 10 heteroatoms. The van der Waals surface area contributed by atoms with Gasteiger partial charge in [-0.05, 0) is 54.8 Å². The number of rotatable bonds is 4. The summed E-state index contributed by atoms with van der Waals surface area (Å²) in [5.74, 6) is -2.30. The summed E-state index contributed by atoms with van der Waals surface area (Å²) in [6.45, 7) is 0.420. The summed E-state index contributed by atoms with van der Waals surface area (Å²) in [6, 6.07) is 8.38. The zero-order chi connectivity index (χ0) is 21.5. The third-order valence-corrected chi connectivity index (χ3v) is 6.70. The van der Waals surface area contributed by atoms with Crippen molar-refractivity contribution in [3.05, 3.63) is 64.5 Å². The average Bonchev–Trinajstić information content (AvgIpc) is 3.17. The lowest BCUT2D eigenvalue weighted by atomic mass is 10.0. The van der Waals surface area contributed by atoms with Crippen molar-refractivity contribution in [1.82, 2.24) is 4.98 Å².